The van der Waals surface area contributed by atoms with Gasteiger partial charge in [0.15, 0.2) is 6.29 Å². The fourth-order valence-electron chi connectivity index (χ4n) is 10.5. The van der Waals surface area contributed by atoms with Gasteiger partial charge in [0.1, 0.15) is 30.9 Å². The van der Waals surface area contributed by atoms with Gasteiger partial charge in [0, 0.05) is 13.3 Å². The largest absolute Gasteiger partial charge is 0.480 e. The predicted molar refractivity (Wildman–Crippen MR) is 176 cm³/mol. The normalized spacial score (nSPS) is 41.9. The second-order valence-corrected chi connectivity index (χ2v) is 16.8. The average molecular weight is 731 g/mol. The van der Waals surface area contributed by atoms with E-state index in [1.54, 1.807) is 0 Å². The Kier molecular flexibility index (Phi) is 11.7. The lowest BCUT2D eigenvalue weighted by Gasteiger charge is -2.60. The zero-order valence-corrected chi connectivity index (χ0v) is 30.0. The number of rotatable bonds is 12. The van der Waals surface area contributed by atoms with Crippen LogP contribution in [0.5, 0.6) is 0 Å². The maximum absolute atomic E-state index is 12.4. The summed E-state index contributed by atoms with van der Waals surface area (Å²) in [6.07, 6.45) is 1.02. The van der Waals surface area contributed by atoms with E-state index in [0.717, 1.165) is 31.3 Å². The van der Waals surface area contributed by atoms with Crippen molar-refractivity contribution in [3.63, 3.8) is 0 Å². The van der Waals surface area contributed by atoms with E-state index in [9.17, 15) is 42.7 Å². The molecule has 16 heteroatoms. The van der Waals surface area contributed by atoms with Crippen LogP contribution in [0.25, 0.3) is 0 Å². The van der Waals surface area contributed by atoms with Crippen LogP contribution in [-0.4, -0.2) is 107 Å². The highest BCUT2D eigenvalue weighted by Gasteiger charge is 2.62. The van der Waals surface area contributed by atoms with Gasteiger partial charge in [0.05, 0.1) is 18.8 Å². The lowest BCUT2D eigenvalue weighted by molar-refractivity contribution is -0.289. The molecule has 0 spiro atoms. The van der Waals surface area contributed by atoms with E-state index in [2.05, 4.69) is 31.4 Å². The average Bonchev–Trinajstić information content (AvgIpc) is 3.39. The number of hydrogen-bond acceptors (Lipinski definition) is 11. The zero-order valence-electron chi connectivity index (χ0n) is 29.2. The van der Waals surface area contributed by atoms with Crippen molar-refractivity contribution in [3.8, 4) is 0 Å². The van der Waals surface area contributed by atoms with E-state index in [0.29, 0.717) is 19.3 Å². The van der Waals surface area contributed by atoms with Crippen LogP contribution >= 0.6 is 0 Å². The fourth-order valence-corrected chi connectivity index (χ4v) is 11.0. The molecule has 0 bridgehead atoms. The third-order valence-electron chi connectivity index (χ3n) is 12.9. The van der Waals surface area contributed by atoms with Crippen LogP contribution in [0.1, 0.15) is 85.5 Å². The molecule has 50 heavy (non-hydrogen) atoms. The van der Waals surface area contributed by atoms with E-state index in [-0.39, 0.29) is 59.2 Å². The van der Waals surface area contributed by atoms with Crippen molar-refractivity contribution in [1.82, 2.24) is 10.6 Å². The molecule has 1 heterocycles. The summed E-state index contributed by atoms with van der Waals surface area (Å²) in [6.45, 7) is 6.92. The second-order valence-electron chi connectivity index (χ2n) is 15.7. The number of carboxylic acids is 1. The molecule has 14 atom stereocenters. The van der Waals surface area contributed by atoms with Crippen molar-refractivity contribution in [2.75, 3.05) is 13.2 Å². The molecule has 4 fully saturated rings. The molecule has 0 unspecified atom stereocenters. The topological polar surface area (TPSA) is 238 Å². The summed E-state index contributed by atoms with van der Waals surface area (Å²) in [6, 6.07) is -1.14. The Bertz CT molecular complexity index is 1430. The summed E-state index contributed by atoms with van der Waals surface area (Å²) in [5, 5.41) is 45.6. The molecule has 0 aromatic carbocycles. The van der Waals surface area contributed by atoms with Gasteiger partial charge in [-0.05, 0) is 91.8 Å². The van der Waals surface area contributed by atoms with E-state index in [4.69, 9.17) is 18.8 Å². The molecule has 0 aromatic heterocycles. The van der Waals surface area contributed by atoms with Gasteiger partial charge >= 0.3 is 16.4 Å². The number of aliphatic hydroxyl groups excluding tert-OH is 3. The molecule has 2 amide bonds. The Balaban J connectivity index is 1.46. The molecule has 0 radical (unpaired) electrons. The van der Waals surface area contributed by atoms with Crippen LogP contribution in [0.2, 0.25) is 0 Å². The summed E-state index contributed by atoms with van der Waals surface area (Å²) >= 11 is 0. The second kappa shape index (κ2) is 15.0. The standard InChI is InChI=1S/C34H54N2O13S/c1-17(5-8-26(39)35-15-27(40)41)21-6-7-22-28-23(10-12-34(21,22)4)33(3)11-9-20(49-50(44,45)46)13-19(33)14-24(28)47-32-29(36-18(2)38)31(43)30(42)25(16-37)48-32/h14,17,20-25,28-32,37,42-43H,5-13,15-16H2,1-4H3,(H,35,39)(H,36,38)(H,40,41)(H,44,45,46)/t17-,20+,21-,22+,23+,24+,25-,28+,29-,30-,31-,32-,33+,34-/m1/s1. The van der Waals surface area contributed by atoms with E-state index < -0.39 is 78.3 Å². The van der Waals surface area contributed by atoms with Crippen LogP contribution in [0.4, 0.5) is 0 Å². The van der Waals surface area contributed by atoms with Crippen LogP contribution in [-0.2, 0) is 38.4 Å². The maximum Gasteiger partial charge on any atom is 0.397 e. The first-order chi connectivity index (χ1) is 23.4. The summed E-state index contributed by atoms with van der Waals surface area (Å²) < 4.78 is 50.6. The molecule has 284 valence electrons. The van der Waals surface area contributed by atoms with Crippen LogP contribution in [0, 0.1) is 40.4 Å². The number of carboxylic acid groups (broad SMARTS) is 1. The third-order valence-corrected chi connectivity index (χ3v) is 13.4. The van der Waals surface area contributed by atoms with Crippen molar-refractivity contribution in [3.05, 3.63) is 11.6 Å². The number of carbonyl (C=O) groups is 3. The minimum absolute atomic E-state index is 0.0456. The Morgan fingerprint density at radius 1 is 1.08 bits per heavy atom. The fraction of sp³-hybridized carbons (Fsp3) is 0.853. The number of nitrogens with one attached hydrogen (secondary N) is 2. The number of amides is 2. The monoisotopic (exact) mass is 730 g/mol. The minimum atomic E-state index is -4.68. The number of ether oxygens (including phenoxy) is 2. The number of aliphatic carboxylic acids is 1. The van der Waals surface area contributed by atoms with Crippen LogP contribution in [0.15, 0.2) is 11.6 Å². The highest BCUT2D eigenvalue weighted by Crippen LogP contribution is 2.68. The lowest BCUT2D eigenvalue weighted by Crippen LogP contribution is -2.65. The highest BCUT2D eigenvalue weighted by molar-refractivity contribution is 7.80. The molecule has 4 aliphatic carbocycles. The third kappa shape index (κ3) is 7.92. The zero-order chi connectivity index (χ0) is 36.8. The number of carbonyl (C=O) groups excluding carboxylic acids is 2. The lowest BCUT2D eigenvalue weighted by atomic mass is 9.46. The van der Waals surface area contributed by atoms with Crippen molar-refractivity contribution < 1.29 is 61.4 Å². The van der Waals surface area contributed by atoms with Crippen molar-refractivity contribution in [2.24, 2.45) is 40.4 Å². The number of fused-ring (bicyclic) bond motifs is 5. The summed E-state index contributed by atoms with van der Waals surface area (Å²) in [5.74, 6) is -1.15. The van der Waals surface area contributed by atoms with E-state index >= 15 is 0 Å². The molecular formula is C34H54N2O13S. The van der Waals surface area contributed by atoms with Gasteiger partial charge in [-0.3, -0.25) is 18.9 Å². The minimum Gasteiger partial charge on any atom is -0.480 e. The Morgan fingerprint density at radius 2 is 1.80 bits per heavy atom. The maximum atomic E-state index is 12.4. The molecule has 5 aliphatic rings. The van der Waals surface area contributed by atoms with Crippen LogP contribution < -0.4 is 10.6 Å². The summed E-state index contributed by atoms with van der Waals surface area (Å²) in [4.78, 5) is 35.5. The van der Waals surface area contributed by atoms with Crippen molar-refractivity contribution in [2.45, 2.75) is 128 Å². The Hall–Kier alpha value is -2.18. The van der Waals surface area contributed by atoms with Gasteiger partial charge in [0.25, 0.3) is 0 Å². The van der Waals surface area contributed by atoms with Crippen LogP contribution in [0.3, 0.4) is 0 Å². The first-order valence-electron chi connectivity index (χ1n) is 17.8. The first-order valence-corrected chi connectivity index (χ1v) is 19.1. The van der Waals surface area contributed by atoms with Crippen molar-refractivity contribution in [1.29, 1.82) is 0 Å². The molecule has 3 saturated carbocycles. The number of hydrogen-bond donors (Lipinski definition) is 7. The van der Waals surface area contributed by atoms with Gasteiger partial charge in [-0.25, -0.2) is 4.18 Å². The Morgan fingerprint density at radius 3 is 2.44 bits per heavy atom. The molecule has 5 rings (SSSR count). The van der Waals surface area contributed by atoms with Gasteiger partial charge in [0.2, 0.25) is 11.8 Å². The first kappa shape index (κ1) is 39.0. The van der Waals surface area contributed by atoms with Crippen molar-refractivity contribution >= 4 is 28.2 Å². The smallest absolute Gasteiger partial charge is 0.397 e. The van der Waals surface area contributed by atoms with Gasteiger partial charge in [-0.2, -0.15) is 8.42 Å². The molecule has 0 aromatic rings. The summed E-state index contributed by atoms with van der Waals surface area (Å²) in [5.41, 5.74) is 0.499. The molecular weight excluding hydrogens is 676 g/mol. The van der Waals surface area contributed by atoms with Gasteiger partial charge in [-0.15, -0.1) is 0 Å². The molecule has 7 N–H and O–H groups in total. The molecule has 1 aliphatic heterocycles. The summed E-state index contributed by atoms with van der Waals surface area (Å²) in [7, 11) is -4.68. The number of aliphatic hydroxyl groups is 3. The van der Waals surface area contributed by atoms with Gasteiger partial charge in [-0.1, -0.05) is 32.4 Å². The van der Waals surface area contributed by atoms with E-state index in [1.165, 1.54) is 6.92 Å². The quantitative estimate of drug-likeness (QED) is 0.111. The molecule has 15 nitrogen and oxygen atoms in total. The predicted octanol–water partition coefficient (Wildman–Crippen LogP) is 1.31. The Labute approximate surface area is 293 Å². The highest BCUT2D eigenvalue weighted by atomic mass is 32.3. The van der Waals surface area contributed by atoms with E-state index in [1.807, 2.05) is 6.08 Å². The SMILES string of the molecule is CC(=O)N[C@H]1[C@H](O[C@H]2C=C3C[C@@H](OS(=O)(=O)O)CC[C@]3(C)[C@H]3CC[C@]4(C)[C@@H]([C@H](C)CCC(=O)NCC(=O)O)CC[C@H]4[C@H]23)O[C@H](CO)[C@@H](O)[C@@H]1O. The van der Waals surface area contributed by atoms with Gasteiger partial charge < -0.3 is 40.5 Å². The molecule has 1 saturated heterocycles.